The molecule has 4 heterocycles. The van der Waals surface area contributed by atoms with Gasteiger partial charge in [0.2, 0.25) is 17.7 Å². The number of nitrogens with one attached hydrogen (secondary N) is 2. The predicted octanol–water partition coefficient (Wildman–Crippen LogP) is 7.14. The number of fused-ring (bicyclic) bond motifs is 2. The summed E-state index contributed by atoms with van der Waals surface area (Å²) in [6.07, 6.45) is 5.04. The van der Waals surface area contributed by atoms with Gasteiger partial charge in [0.25, 0.3) is 0 Å². The molecule has 8 rings (SSSR count). The average molecular weight is 757 g/mol. The normalized spacial score (nSPS) is 20.8. The highest BCUT2D eigenvalue weighted by molar-refractivity contribution is 6.39. The van der Waals surface area contributed by atoms with Gasteiger partial charge in [0.15, 0.2) is 0 Å². The molecule has 3 atom stereocenters. The van der Waals surface area contributed by atoms with Crippen molar-refractivity contribution in [2.75, 3.05) is 40.5 Å². The second-order valence-corrected chi connectivity index (χ2v) is 15.0. The Hall–Kier alpha value is -4.22. The Kier molecular flexibility index (Phi) is 10.1. The third-order valence-electron chi connectivity index (χ3n) is 11.2. The lowest BCUT2D eigenvalue weighted by Gasteiger charge is -2.42. The molecule has 10 nitrogen and oxygen atoms in total. The number of halogens is 2. The molecule has 2 aromatic carbocycles. The number of hydrogen-bond donors (Lipinski definition) is 2. The summed E-state index contributed by atoms with van der Waals surface area (Å²) < 4.78 is 17.0. The predicted molar refractivity (Wildman–Crippen MR) is 204 cm³/mol. The molecule has 2 fully saturated rings. The van der Waals surface area contributed by atoms with Gasteiger partial charge in [-0.25, -0.2) is 9.97 Å². The number of ether oxygens (including phenoxy) is 3. The van der Waals surface area contributed by atoms with E-state index in [-0.39, 0.29) is 35.9 Å². The minimum absolute atomic E-state index is 0.0851. The second-order valence-electron chi connectivity index (χ2n) is 14.3. The molecule has 0 radical (unpaired) electrons. The topological polar surface area (TPSA) is 115 Å². The Morgan fingerprint density at radius 1 is 0.849 bits per heavy atom. The van der Waals surface area contributed by atoms with Crippen LogP contribution in [0.25, 0.3) is 33.6 Å². The number of carbonyl (C=O) groups is 2. The maximum Gasteiger partial charge on any atom is 0.311 e. The molecule has 1 amide bonds. The maximum absolute atomic E-state index is 12.2. The SMILES string of the molecule is CCOC(=O)C1CN(C2CCc3cc(-c4cccc(-c5cccc(-c6cc7c(c(OC)n6)C(NCC6CCC(=O)N6)CC7)c5Cl)c4Cl)nc(OC)c32)C1. The quantitative estimate of drug-likeness (QED) is 0.154. The Balaban J connectivity index is 1.06. The van der Waals surface area contributed by atoms with Crippen molar-refractivity contribution in [2.45, 2.75) is 63.6 Å². The van der Waals surface area contributed by atoms with Gasteiger partial charge < -0.3 is 24.8 Å². The van der Waals surface area contributed by atoms with Crippen LogP contribution in [0.3, 0.4) is 0 Å². The summed E-state index contributed by atoms with van der Waals surface area (Å²) in [7, 11) is 3.30. The van der Waals surface area contributed by atoms with Crippen molar-refractivity contribution >= 4 is 35.1 Å². The lowest BCUT2D eigenvalue weighted by molar-refractivity contribution is -0.155. The smallest absolute Gasteiger partial charge is 0.311 e. The molecule has 0 spiro atoms. The van der Waals surface area contributed by atoms with Gasteiger partial charge in [-0.05, 0) is 62.3 Å². The summed E-state index contributed by atoms with van der Waals surface area (Å²) in [6, 6.07) is 16.5. The van der Waals surface area contributed by atoms with Gasteiger partial charge in [-0.15, -0.1) is 0 Å². The van der Waals surface area contributed by atoms with Crippen molar-refractivity contribution in [3.05, 3.63) is 80.8 Å². The fourth-order valence-corrected chi connectivity index (χ4v) is 9.16. The van der Waals surface area contributed by atoms with Crippen LogP contribution >= 0.6 is 23.2 Å². The summed E-state index contributed by atoms with van der Waals surface area (Å²) in [5.74, 6) is 1.07. The number of aromatic nitrogens is 2. The van der Waals surface area contributed by atoms with E-state index in [0.29, 0.717) is 54.5 Å². The van der Waals surface area contributed by atoms with Crippen LogP contribution in [0.1, 0.15) is 66.9 Å². The molecule has 276 valence electrons. The van der Waals surface area contributed by atoms with Gasteiger partial charge in [0.1, 0.15) is 0 Å². The van der Waals surface area contributed by atoms with Crippen molar-refractivity contribution in [1.82, 2.24) is 25.5 Å². The molecule has 2 aliphatic carbocycles. The number of carbonyl (C=O) groups excluding carboxylic acids is 2. The van der Waals surface area contributed by atoms with Gasteiger partial charge in [0, 0.05) is 77.6 Å². The summed E-state index contributed by atoms with van der Waals surface area (Å²) in [6.45, 7) is 4.30. The molecule has 4 aliphatic rings. The Labute approximate surface area is 319 Å². The standard InChI is InChI=1S/C41H43Cl2N5O5/c1-4-53-41(50)24-20-48(21-24)33-15-12-23-18-32(47-40(52-3)36(23)33)29-10-6-8-27(38(29)43)26-7-5-9-28(37(26)42)31-17-22-11-14-30(35(22)39(46-31)51-2)44-19-25-13-16-34(49)45-25/h5-10,17-18,24-25,30,33,44H,4,11-16,19-21H2,1-3H3,(H,45,49). The van der Waals surface area contributed by atoms with Crippen LogP contribution < -0.4 is 20.1 Å². The van der Waals surface area contributed by atoms with Crippen molar-refractivity contribution in [3.63, 3.8) is 0 Å². The maximum atomic E-state index is 12.2. The summed E-state index contributed by atoms with van der Waals surface area (Å²) in [5.41, 5.74) is 9.13. The number of hydrogen-bond acceptors (Lipinski definition) is 9. The first-order valence-electron chi connectivity index (χ1n) is 18.4. The molecule has 2 aliphatic heterocycles. The van der Waals surface area contributed by atoms with E-state index in [1.54, 1.807) is 14.2 Å². The number of amides is 1. The van der Waals surface area contributed by atoms with E-state index in [1.165, 1.54) is 11.1 Å². The highest BCUT2D eigenvalue weighted by Crippen LogP contribution is 2.47. The second kappa shape index (κ2) is 14.9. The number of nitrogens with zero attached hydrogens (tertiary/aromatic N) is 3. The zero-order chi connectivity index (χ0) is 36.8. The van der Waals surface area contributed by atoms with Crippen molar-refractivity contribution in [1.29, 1.82) is 0 Å². The minimum Gasteiger partial charge on any atom is -0.481 e. The van der Waals surface area contributed by atoms with E-state index in [4.69, 9.17) is 47.4 Å². The fraction of sp³-hybridized carbons (Fsp3) is 0.415. The number of pyridine rings is 2. The molecule has 12 heteroatoms. The average Bonchev–Trinajstić information content (AvgIpc) is 3.88. The number of methoxy groups -OCH3 is 2. The molecule has 3 unspecified atom stereocenters. The van der Waals surface area contributed by atoms with Crippen LogP contribution in [0.2, 0.25) is 10.0 Å². The molecule has 4 aromatic rings. The van der Waals surface area contributed by atoms with Crippen LogP contribution in [0, 0.1) is 5.92 Å². The van der Waals surface area contributed by atoms with Crippen LogP contribution in [-0.4, -0.2) is 73.2 Å². The van der Waals surface area contributed by atoms with Crippen LogP contribution in [0.15, 0.2) is 48.5 Å². The number of aryl methyl sites for hydroxylation is 2. The van der Waals surface area contributed by atoms with Crippen LogP contribution in [-0.2, 0) is 27.2 Å². The van der Waals surface area contributed by atoms with E-state index in [0.717, 1.165) is 76.9 Å². The minimum atomic E-state index is -0.124. The van der Waals surface area contributed by atoms with E-state index in [1.807, 2.05) is 43.3 Å². The van der Waals surface area contributed by atoms with Gasteiger partial charge in [0.05, 0.1) is 48.2 Å². The van der Waals surface area contributed by atoms with E-state index < -0.39 is 0 Å². The first kappa shape index (κ1) is 35.8. The third-order valence-corrected chi connectivity index (χ3v) is 12.0. The molecule has 0 bridgehead atoms. The number of likely N-dealkylation sites (tertiary alicyclic amines) is 1. The largest absolute Gasteiger partial charge is 0.481 e. The molecular formula is C41H43Cl2N5O5. The van der Waals surface area contributed by atoms with Crippen LogP contribution in [0.5, 0.6) is 11.8 Å². The van der Waals surface area contributed by atoms with Crippen molar-refractivity contribution in [3.8, 4) is 45.4 Å². The van der Waals surface area contributed by atoms with Crippen LogP contribution in [0.4, 0.5) is 0 Å². The lowest BCUT2D eigenvalue weighted by Crippen LogP contribution is -2.51. The highest BCUT2D eigenvalue weighted by atomic mass is 35.5. The van der Waals surface area contributed by atoms with Crippen molar-refractivity contribution in [2.24, 2.45) is 5.92 Å². The van der Waals surface area contributed by atoms with Gasteiger partial charge >= 0.3 is 5.97 Å². The molecule has 2 saturated heterocycles. The molecule has 2 aromatic heterocycles. The number of esters is 1. The molecule has 0 saturated carbocycles. The summed E-state index contributed by atoms with van der Waals surface area (Å²) >= 11 is 14.5. The first-order valence-corrected chi connectivity index (χ1v) is 19.2. The molecular weight excluding hydrogens is 713 g/mol. The van der Waals surface area contributed by atoms with E-state index in [2.05, 4.69) is 27.7 Å². The Morgan fingerprint density at radius 2 is 1.43 bits per heavy atom. The summed E-state index contributed by atoms with van der Waals surface area (Å²) in [4.78, 5) is 36.2. The fourth-order valence-electron chi connectivity index (χ4n) is 8.51. The molecule has 2 N–H and O–H groups in total. The Bertz CT molecular complexity index is 2090. The lowest BCUT2D eigenvalue weighted by atomic mass is 9.95. The van der Waals surface area contributed by atoms with Crippen molar-refractivity contribution < 1.29 is 23.8 Å². The Morgan fingerprint density at radius 3 is 2.02 bits per heavy atom. The summed E-state index contributed by atoms with van der Waals surface area (Å²) in [5, 5.41) is 7.77. The molecule has 53 heavy (non-hydrogen) atoms. The third kappa shape index (κ3) is 6.64. The zero-order valence-electron chi connectivity index (χ0n) is 30.1. The number of rotatable bonds is 11. The van der Waals surface area contributed by atoms with E-state index >= 15 is 0 Å². The van der Waals surface area contributed by atoms with Gasteiger partial charge in [-0.1, -0.05) is 59.6 Å². The first-order chi connectivity index (χ1) is 25.8. The monoisotopic (exact) mass is 755 g/mol. The van der Waals surface area contributed by atoms with Gasteiger partial charge in [-0.3, -0.25) is 14.5 Å². The highest BCUT2D eigenvalue weighted by Gasteiger charge is 2.42. The zero-order valence-corrected chi connectivity index (χ0v) is 31.6. The number of benzene rings is 2. The van der Waals surface area contributed by atoms with Gasteiger partial charge in [-0.2, -0.15) is 0 Å². The van der Waals surface area contributed by atoms with E-state index in [9.17, 15) is 9.59 Å².